The van der Waals surface area contributed by atoms with Crippen LogP contribution in [0.15, 0.2) is 60.7 Å². The molecule has 1 fully saturated rings. The molecule has 1 N–H and O–H groups in total. The number of aliphatic carboxylic acids is 1. The van der Waals surface area contributed by atoms with Crippen molar-refractivity contribution < 1.29 is 14.7 Å². The van der Waals surface area contributed by atoms with Crippen LogP contribution in [0.1, 0.15) is 17.2 Å². The van der Waals surface area contributed by atoms with Crippen molar-refractivity contribution in [1.29, 1.82) is 0 Å². The van der Waals surface area contributed by atoms with E-state index in [1.54, 1.807) is 5.06 Å². The lowest BCUT2D eigenvalue weighted by Gasteiger charge is -2.24. The Kier molecular flexibility index (Phi) is 3.99. The van der Waals surface area contributed by atoms with Crippen molar-refractivity contribution in [2.24, 2.45) is 5.92 Å². The average molecular weight is 283 g/mol. The molecule has 4 heteroatoms. The number of rotatable bonds is 4. The van der Waals surface area contributed by atoms with Crippen molar-refractivity contribution in [2.45, 2.75) is 12.6 Å². The Hall–Kier alpha value is -2.17. The molecule has 108 valence electrons. The van der Waals surface area contributed by atoms with Gasteiger partial charge in [-0.05, 0) is 11.1 Å². The molecule has 1 saturated heterocycles. The lowest BCUT2D eigenvalue weighted by atomic mass is 9.94. The number of hydroxylamine groups is 2. The second kappa shape index (κ2) is 6.08. The second-order valence-corrected chi connectivity index (χ2v) is 5.16. The predicted octanol–water partition coefficient (Wildman–Crippen LogP) is 2.88. The number of benzene rings is 2. The van der Waals surface area contributed by atoms with Crippen molar-refractivity contribution >= 4 is 5.97 Å². The van der Waals surface area contributed by atoms with Gasteiger partial charge < -0.3 is 5.11 Å². The maximum Gasteiger partial charge on any atom is 0.310 e. The van der Waals surface area contributed by atoms with E-state index in [1.807, 2.05) is 60.7 Å². The molecule has 0 unspecified atom stereocenters. The quantitative estimate of drug-likeness (QED) is 0.937. The zero-order chi connectivity index (χ0) is 14.7. The molecular formula is C17H17NO3. The van der Waals surface area contributed by atoms with E-state index in [9.17, 15) is 9.90 Å². The molecule has 0 aliphatic carbocycles. The van der Waals surface area contributed by atoms with Crippen LogP contribution in [0, 0.1) is 5.92 Å². The van der Waals surface area contributed by atoms with E-state index in [0.717, 1.165) is 11.1 Å². The van der Waals surface area contributed by atoms with Crippen LogP contribution in [0.25, 0.3) is 0 Å². The number of nitrogens with zero attached hydrogens (tertiary/aromatic N) is 1. The molecule has 1 heterocycles. The lowest BCUT2D eigenvalue weighted by molar-refractivity contribution is -0.143. The fourth-order valence-corrected chi connectivity index (χ4v) is 2.71. The first kappa shape index (κ1) is 13.8. The molecule has 0 aromatic heterocycles. The molecule has 2 aromatic rings. The maximum absolute atomic E-state index is 11.5. The van der Waals surface area contributed by atoms with Gasteiger partial charge in [-0.25, -0.2) is 0 Å². The molecule has 21 heavy (non-hydrogen) atoms. The van der Waals surface area contributed by atoms with Gasteiger partial charge in [0, 0.05) is 6.54 Å². The third kappa shape index (κ3) is 2.96. The first-order valence-electron chi connectivity index (χ1n) is 6.97. The highest BCUT2D eigenvalue weighted by molar-refractivity contribution is 5.71. The van der Waals surface area contributed by atoms with Crippen LogP contribution < -0.4 is 0 Å². The van der Waals surface area contributed by atoms with E-state index in [-0.39, 0.29) is 12.6 Å². The van der Waals surface area contributed by atoms with Gasteiger partial charge in [0.1, 0.15) is 5.92 Å². The number of hydrogen-bond donors (Lipinski definition) is 1. The summed E-state index contributed by atoms with van der Waals surface area (Å²) in [5.41, 5.74) is 2.07. The minimum Gasteiger partial charge on any atom is -0.481 e. The molecule has 0 spiro atoms. The molecule has 3 rings (SSSR count). The Morgan fingerprint density at radius 2 is 1.71 bits per heavy atom. The Balaban J connectivity index is 1.87. The molecule has 4 nitrogen and oxygen atoms in total. The lowest BCUT2D eigenvalue weighted by Crippen LogP contribution is -2.27. The SMILES string of the molecule is O=C(O)[C@@H]1CON(Cc2ccccc2)[C@H]1c1ccccc1. The van der Waals surface area contributed by atoms with Gasteiger partial charge >= 0.3 is 5.97 Å². The van der Waals surface area contributed by atoms with Crippen molar-refractivity contribution in [1.82, 2.24) is 5.06 Å². The Labute approximate surface area is 123 Å². The van der Waals surface area contributed by atoms with E-state index in [4.69, 9.17) is 4.84 Å². The van der Waals surface area contributed by atoms with Gasteiger partial charge in [-0.3, -0.25) is 9.63 Å². The maximum atomic E-state index is 11.5. The Bertz CT molecular complexity index is 600. The largest absolute Gasteiger partial charge is 0.481 e. The molecule has 1 aliphatic rings. The third-order valence-electron chi connectivity index (χ3n) is 3.75. The van der Waals surface area contributed by atoms with Gasteiger partial charge in [-0.2, -0.15) is 5.06 Å². The molecule has 2 atom stereocenters. The monoisotopic (exact) mass is 283 g/mol. The van der Waals surface area contributed by atoms with Crippen LogP contribution in [0.5, 0.6) is 0 Å². The van der Waals surface area contributed by atoms with Crippen LogP contribution in [-0.2, 0) is 16.2 Å². The summed E-state index contributed by atoms with van der Waals surface area (Å²) >= 11 is 0. The number of carboxylic acid groups (broad SMARTS) is 1. The highest BCUT2D eigenvalue weighted by Gasteiger charge is 2.41. The van der Waals surface area contributed by atoms with Crippen LogP contribution in [0.3, 0.4) is 0 Å². The van der Waals surface area contributed by atoms with Crippen molar-refractivity contribution in [3.8, 4) is 0 Å². The molecule has 0 radical (unpaired) electrons. The summed E-state index contributed by atoms with van der Waals surface area (Å²) in [6.07, 6.45) is 0. The van der Waals surface area contributed by atoms with Crippen molar-refractivity contribution in [2.75, 3.05) is 6.61 Å². The van der Waals surface area contributed by atoms with E-state index < -0.39 is 11.9 Å². The van der Waals surface area contributed by atoms with Gasteiger partial charge in [-0.15, -0.1) is 0 Å². The highest BCUT2D eigenvalue weighted by atomic mass is 16.7. The minimum atomic E-state index is -0.820. The second-order valence-electron chi connectivity index (χ2n) is 5.16. The van der Waals surface area contributed by atoms with Crippen molar-refractivity contribution in [3.63, 3.8) is 0 Å². The number of carboxylic acids is 1. The topological polar surface area (TPSA) is 49.8 Å². The van der Waals surface area contributed by atoms with E-state index >= 15 is 0 Å². The molecule has 0 bridgehead atoms. The van der Waals surface area contributed by atoms with Gasteiger partial charge in [0.05, 0.1) is 12.6 Å². The summed E-state index contributed by atoms with van der Waals surface area (Å²) in [6, 6.07) is 19.3. The molecular weight excluding hydrogens is 266 g/mol. The smallest absolute Gasteiger partial charge is 0.310 e. The highest BCUT2D eigenvalue weighted by Crippen LogP contribution is 2.36. The van der Waals surface area contributed by atoms with E-state index in [0.29, 0.717) is 6.54 Å². The van der Waals surface area contributed by atoms with E-state index in [2.05, 4.69) is 0 Å². The fourth-order valence-electron chi connectivity index (χ4n) is 2.71. The van der Waals surface area contributed by atoms with Crippen LogP contribution >= 0.6 is 0 Å². The summed E-state index contributed by atoms with van der Waals surface area (Å²) in [4.78, 5) is 17.1. The zero-order valence-electron chi connectivity index (χ0n) is 11.6. The summed E-state index contributed by atoms with van der Waals surface area (Å²) in [5.74, 6) is -1.37. The van der Waals surface area contributed by atoms with Crippen LogP contribution in [0.4, 0.5) is 0 Å². The van der Waals surface area contributed by atoms with Gasteiger partial charge in [-0.1, -0.05) is 60.7 Å². The van der Waals surface area contributed by atoms with Gasteiger partial charge in [0.15, 0.2) is 0 Å². The standard InChI is InChI=1S/C17H17NO3/c19-17(20)15-12-21-18(11-13-7-3-1-4-8-13)16(15)14-9-5-2-6-10-14/h1-10,15-16H,11-12H2,(H,19,20)/t15-,16+/m1/s1. The first-order valence-corrected chi connectivity index (χ1v) is 6.97. The minimum absolute atomic E-state index is 0.210. The normalized spacial score (nSPS) is 22.3. The molecule has 2 aromatic carbocycles. The van der Waals surface area contributed by atoms with Crippen LogP contribution in [-0.4, -0.2) is 22.7 Å². The molecule has 1 aliphatic heterocycles. The molecule has 0 saturated carbocycles. The predicted molar refractivity (Wildman–Crippen MR) is 78.2 cm³/mol. The zero-order valence-corrected chi connectivity index (χ0v) is 11.6. The Morgan fingerprint density at radius 3 is 2.33 bits per heavy atom. The summed E-state index contributed by atoms with van der Waals surface area (Å²) < 4.78 is 0. The number of hydrogen-bond acceptors (Lipinski definition) is 3. The fraction of sp³-hybridized carbons (Fsp3) is 0.235. The summed E-state index contributed by atoms with van der Waals surface area (Å²) in [5, 5.41) is 11.2. The Morgan fingerprint density at radius 1 is 1.10 bits per heavy atom. The van der Waals surface area contributed by atoms with Crippen molar-refractivity contribution in [3.05, 3.63) is 71.8 Å². The summed E-state index contributed by atoms with van der Waals surface area (Å²) in [7, 11) is 0. The van der Waals surface area contributed by atoms with Crippen LogP contribution in [0.2, 0.25) is 0 Å². The summed E-state index contributed by atoms with van der Waals surface area (Å²) in [6.45, 7) is 0.784. The first-order chi connectivity index (χ1) is 10.3. The third-order valence-corrected chi connectivity index (χ3v) is 3.75. The number of carbonyl (C=O) groups is 1. The van der Waals surface area contributed by atoms with Gasteiger partial charge in [0.2, 0.25) is 0 Å². The average Bonchev–Trinajstić information content (AvgIpc) is 2.93. The van der Waals surface area contributed by atoms with Gasteiger partial charge in [0.25, 0.3) is 0 Å². The van der Waals surface area contributed by atoms with E-state index in [1.165, 1.54) is 0 Å². The molecule has 0 amide bonds.